The van der Waals surface area contributed by atoms with E-state index in [0.29, 0.717) is 18.5 Å². The molecule has 0 radical (unpaired) electrons. The molecule has 1 saturated heterocycles. The normalized spacial score (nSPS) is 18.0. The number of aryl methyl sites for hydroxylation is 2. The molecule has 7 heteroatoms. The van der Waals surface area contributed by atoms with Crippen molar-refractivity contribution < 1.29 is 17.6 Å². The smallest absolute Gasteiger partial charge is 0.243 e. The molecule has 26 heavy (non-hydrogen) atoms. The molecule has 1 N–H and O–H groups in total. The first-order valence-corrected chi connectivity index (χ1v) is 9.89. The predicted molar refractivity (Wildman–Crippen MR) is 97.9 cm³/mol. The van der Waals surface area contributed by atoms with Crippen LogP contribution in [0.1, 0.15) is 24.0 Å². The van der Waals surface area contributed by atoms with Crippen molar-refractivity contribution in [3.8, 4) is 0 Å². The summed E-state index contributed by atoms with van der Waals surface area (Å²) in [6.45, 7) is 4.05. The number of hydrogen-bond donors (Lipinski definition) is 1. The Morgan fingerprint density at radius 1 is 1.12 bits per heavy atom. The second-order valence-corrected chi connectivity index (χ2v) is 8.37. The van der Waals surface area contributed by atoms with Gasteiger partial charge in [0.2, 0.25) is 15.9 Å². The third kappa shape index (κ3) is 3.50. The van der Waals surface area contributed by atoms with Crippen LogP contribution in [0.15, 0.2) is 47.4 Å². The van der Waals surface area contributed by atoms with Crippen LogP contribution >= 0.6 is 0 Å². The van der Waals surface area contributed by atoms with E-state index in [2.05, 4.69) is 5.32 Å². The van der Waals surface area contributed by atoms with Gasteiger partial charge in [-0.15, -0.1) is 0 Å². The average molecular weight is 376 g/mol. The van der Waals surface area contributed by atoms with Crippen LogP contribution in [0.2, 0.25) is 0 Å². The minimum atomic E-state index is -3.86. The number of amides is 1. The standard InChI is InChI=1S/C19H21FN2O3S/c1-13-5-3-6-14(2)18(13)21-19(23)17-7-4-12-22(17)26(24,25)16-10-8-15(20)9-11-16/h3,5-6,8-11,17H,4,7,12H2,1-2H3,(H,21,23)/t17-/m1/s1. The quantitative estimate of drug-likeness (QED) is 0.891. The summed E-state index contributed by atoms with van der Waals surface area (Å²) in [6.07, 6.45) is 1.06. The van der Waals surface area contributed by atoms with Crippen LogP contribution in [0.3, 0.4) is 0 Å². The fourth-order valence-corrected chi connectivity index (χ4v) is 4.91. The van der Waals surface area contributed by atoms with Crippen molar-refractivity contribution >= 4 is 21.6 Å². The van der Waals surface area contributed by atoms with E-state index in [1.165, 1.54) is 16.4 Å². The summed E-state index contributed by atoms with van der Waals surface area (Å²) in [7, 11) is -3.86. The number of anilines is 1. The first-order chi connectivity index (χ1) is 12.3. The molecule has 1 atom stereocenters. The fraction of sp³-hybridized carbons (Fsp3) is 0.316. The van der Waals surface area contributed by atoms with Gasteiger partial charge in [-0.25, -0.2) is 12.8 Å². The van der Waals surface area contributed by atoms with Crippen molar-refractivity contribution in [1.29, 1.82) is 0 Å². The van der Waals surface area contributed by atoms with Crippen LogP contribution in [0.25, 0.3) is 0 Å². The summed E-state index contributed by atoms with van der Waals surface area (Å²) in [5.41, 5.74) is 2.55. The van der Waals surface area contributed by atoms with Gasteiger partial charge in [0.1, 0.15) is 11.9 Å². The van der Waals surface area contributed by atoms with Gasteiger partial charge in [0, 0.05) is 12.2 Å². The minimum Gasteiger partial charge on any atom is -0.324 e. The van der Waals surface area contributed by atoms with Gasteiger partial charge in [-0.1, -0.05) is 18.2 Å². The fourth-order valence-electron chi connectivity index (χ4n) is 3.25. The SMILES string of the molecule is Cc1cccc(C)c1NC(=O)[C@H]1CCCN1S(=O)(=O)c1ccc(F)cc1. The topological polar surface area (TPSA) is 66.5 Å². The van der Waals surface area contributed by atoms with Crippen LogP contribution < -0.4 is 5.32 Å². The average Bonchev–Trinajstić information content (AvgIpc) is 3.09. The Morgan fingerprint density at radius 2 is 1.73 bits per heavy atom. The van der Waals surface area contributed by atoms with E-state index in [-0.39, 0.29) is 17.3 Å². The predicted octanol–water partition coefficient (Wildman–Crippen LogP) is 3.23. The lowest BCUT2D eigenvalue weighted by Gasteiger charge is -2.24. The Hall–Kier alpha value is -2.25. The molecule has 1 aliphatic rings. The molecule has 2 aromatic rings. The van der Waals surface area contributed by atoms with Crippen molar-refractivity contribution in [3.05, 3.63) is 59.4 Å². The van der Waals surface area contributed by atoms with Gasteiger partial charge >= 0.3 is 0 Å². The second-order valence-electron chi connectivity index (χ2n) is 6.48. The van der Waals surface area contributed by atoms with Crippen LogP contribution in [0.4, 0.5) is 10.1 Å². The molecule has 1 aliphatic heterocycles. The van der Waals surface area contributed by atoms with Gasteiger partial charge in [0.25, 0.3) is 0 Å². The van der Waals surface area contributed by atoms with Crippen molar-refractivity contribution in [3.63, 3.8) is 0 Å². The Bertz CT molecular complexity index is 906. The number of hydrogen-bond acceptors (Lipinski definition) is 3. The van der Waals surface area contributed by atoms with E-state index in [9.17, 15) is 17.6 Å². The first-order valence-electron chi connectivity index (χ1n) is 8.45. The zero-order valence-corrected chi connectivity index (χ0v) is 15.5. The van der Waals surface area contributed by atoms with Gasteiger partial charge in [-0.3, -0.25) is 4.79 Å². The lowest BCUT2D eigenvalue weighted by molar-refractivity contribution is -0.119. The van der Waals surface area contributed by atoms with Crippen LogP contribution in [0, 0.1) is 19.7 Å². The maximum absolute atomic E-state index is 13.1. The Kier molecular flexibility index (Phi) is 5.11. The molecule has 0 aliphatic carbocycles. The number of benzene rings is 2. The maximum Gasteiger partial charge on any atom is 0.243 e. The molecular weight excluding hydrogens is 355 g/mol. The highest BCUT2D eigenvalue weighted by Crippen LogP contribution is 2.28. The van der Waals surface area contributed by atoms with E-state index in [1.54, 1.807) is 0 Å². The molecule has 1 amide bonds. The number of sulfonamides is 1. The Morgan fingerprint density at radius 3 is 2.35 bits per heavy atom. The molecule has 1 fully saturated rings. The monoisotopic (exact) mass is 376 g/mol. The number of para-hydroxylation sites is 1. The second kappa shape index (κ2) is 7.17. The highest BCUT2D eigenvalue weighted by molar-refractivity contribution is 7.89. The van der Waals surface area contributed by atoms with Crippen molar-refractivity contribution in [2.45, 2.75) is 37.6 Å². The molecular formula is C19H21FN2O3S. The number of nitrogens with zero attached hydrogens (tertiary/aromatic N) is 1. The van der Waals surface area contributed by atoms with Gasteiger partial charge in [0.15, 0.2) is 0 Å². The van der Waals surface area contributed by atoms with Gasteiger partial charge in [-0.05, 0) is 62.1 Å². The number of carbonyl (C=O) groups is 1. The number of nitrogens with one attached hydrogen (secondary N) is 1. The minimum absolute atomic E-state index is 0.00864. The molecule has 0 bridgehead atoms. The molecule has 3 rings (SSSR count). The largest absolute Gasteiger partial charge is 0.324 e. The molecule has 5 nitrogen and oxygen atoms in total. The van der Waals surface area contributed by atoms with E-state index in [4.69, 9.17) is 0 Å². The van der Waals surface area contributed by atoms with Crippen molar-refractivity contribution in [2.24, 2.45) is 0 Å². The molecule has 0 spiro atoms. The molecule has 0 aromatic heterocycles. The summed E-state index contributed by atoms with van der Waals surface area (Å²) in [5.74, 6) is -0.847. The zero-order valence-electron chi connectivity index (χ0n) is 14.7. The van der Waals surface area contributed by atoms with Crippen molar-refractivity contribution in [1.82, 2.24) is 4.31 Å². The summed E-state index contributed by atoms with van der Waals surface area (Å²) in [5, 5.41) is 2.88. The highest BCUT2D eigenvalue weighted by atomic mass is 32.2. The number of halogens is 1. The third-order valence-electron chi connectivity index (χ3n) is 4.66. The van der Waals surface area contributed by atoms with Gasteiger partial charge in [0.05, 0.1) is 4.90 Å². The third-order valence-corrected chi connectivity index (χ3v) is 6.58. The highest BCUT2D eigenvalue weighted by Gasteiger charge is 2.39. The van der Waals surface area contributed by atoms with E-state index in [1.807, 2.05) is 32.0 Å². The van der Waals surface area contributed by atoms with Gasteiger partial charge < -0.3 is 5.32 Å². The lowest BCUT2D eigenvalue weighted by Crippen LogP contribution is -2.43. The Labute approximate surface area is 152 Å². The Balaban J connectivity index is 1.86. The summed E-state index contributed by atoms with van der Waals surface area (Å²) in [6, 6.07) is 9.58. The molecule has 2 aromatic carbocycles. The lowest BCUT2D eigenvalue weighted by atomic mass is 10.1. The van der Waals surface area contributed by atoms with Crippen LogP contribution in [0.5, 0.6) is 0 Å². The van der Waals surface area contributed by atoms with E-state index in [0.717, 1.165) is 23.3 Å². The molecule has 138 valence electrons. The van der Waals surface area contributed by atoms with Crippen molar-refractivity contribution in [2.75, 3.05) is 11.9 Å². The molecule has 0 saturated carbocycles. The number of carbonyl (C=O) groups excluding carboxylic acids is 1. The molecule has 0 unspecified atom stereocenters. The summed E-state index contributed by atoms with van der Waals surface area (Å²) in [4.78, 5) is 12.8. The van der Waals surface area contributed by atoms with E-state index >= 15 is 0 Å². The first kappa shape index (κ1) is 18.5. The molecule has 1 heterocycles. The summed E-state index contributed by atoms with van der Waals surface area (Å²) < 4.78 is 40.1. The maximum atomic E-state index is 13.1. The number of rotatable bonds is 4. The summed E-state index contributed by atoms with van der Waals surface area (Å²) >= 11 is 0. The van der Waals surface area contributed by atoms with Crippen LogP contribution in [-0.4, -0.2) is 31.2 Å². The van der Waals surface area contributed by atoms with Gasteiger partial charge in [-0.2, -0.15) is 4.31 Å². The van der Waals surface area contributed by atoms with Crippen LogP contribution in [-0.2, 0) is 14.8 Å². The van der Waals surface area contributed by atoms with E-state index < -0.39 is 21.9 Å². The zero-order chi connectivity index (χ0) is 18.9.